The number of nitrogens with one attached hydrogen (secondary N) is 1. The van der Waals surface area contributed by atoms with Gasteiger partial charge in [0.15, 0.2) is 5.82 Å². The minimum absolute atomic E-state index is 0. The Kier molecular flexibility index (Phi) is 7.34. The Bertz CT molecular complexity index is 349. The lowest BCUT2D eigenvalue weighted by molar-refractivity contribution is 0.148. The van der Waals surface area contributed by atoms with Crippen LogP contribution in [0.15, 0.2) is 12.3 Å². The predicted molar refractivity (Wildman–Crippen MR) is 65.2 cm³/mol. The molecule has 0 aliphatic carbocycles. The molecule has 3 nitrogen and oxygen atoms in total. The van der Waals surface area contributed by atoms with Crippen LogP contribution in [0.3, 0.4) is 0 Å². The summed E-state index contributed by atoms with van der Waals surface area (Å²) in [5, 5.41) is 3.17. The standard InChI is InChI=1S/C10H12F2N2O.2ClH/c11-7-5-9(12)10(14-6-7)15-8-1-3-13-4-2-8;;/h5-6,8,13H,1-4H2;2*1H. The molecule has 1 aliphatic heterocycles. The maximum absolute atomic E-state index is 13.2. The fraction of sp³-hybridized carbons (Fsp3) is 0.500. The largest absolute Gasteiger partial charge is 0.472 e. The lowest BCUT2D eigenvalue weighted by Crippen LogP contribution is -2.34. The summed E-state index contributed by atoms with van der Waals surface area (Å²) in [6.45, 7) is 1.71. The van der Waals surface area contributed by atoms with Gasteiger partial charge in [0.25, 0.3) is 5.88 Å². The Morgan fingerprint density at radius 2 is 1.88 bits per heavy atom. The van der Waals surface area contributed by atoms with Gasteiger partial charge in [-0.25, -0.2) is 13.8 Å². The fourth-order valence-electron chi connectivity index (χ4n) is 1.56. The number of ether oxygens (including phenoxy) is 1. The van der Waals surface area contributed by atoms with Crippen molar-refractivity contribution in [3.05, 3.63) is 23.9 Å². The molecule has 98 valence electrons. The molecule has 2 rings (SSSR count). The number of nitrogens with zero attached hydrogens (tertiary/aromatic N) is 1. The summed E-state index contributed by atoms with van der Waals surface area (Å²) in [5.41, 5.74) is 0. The van der Waals surface area contributed by atoms with E-state index in [4.69, 9.17) is 4.74 Å². The Morgan fingerprint density at radius 3 is 2.47 bits per heavy atom. The summed E-state index contributed by atoms with van der Waals surface area (Å²) in [6, 6.07) is 0.781. The third-order valence-corrected chi connectivity index (χ3v) is 2.34. The molecule has 1 saturated heterocycles. The summed E-state index contributed by atoms with van der Waals surface area (Å²) < 4.78 is 31.1. The van der Waals surface area contributed by atoms with Crippen molar-refractivity contribution in [1.29, 1.82) is 0 Å². The van der Waals surface area contributed by atoms with E-state index < -0.39 is 11.6 Å². The molecule has 1 aliphatic rings. The van der Waals surface area contributed by atoms with Gasteiger partial charge in [0.2, 0.25) is 0 Å². The molecule has 7 heteroatoms. The summed E-state index contributed by atoms with van der Waals surface area (Å²) in [6.07, 6.45) is 2.56. The first kappa shape index (κ1) is 16.4. The molecule has 1 aromatic heterocycles. The lowest BCUT2D eigenvalue weighted by atomic mass is 10.1. The van der Waals surface area contributed by atoms with Gasteiger partial charge in [-0.15, -0.1) is 24.8 Å². The molecule has 17 heavy (non-hydrogen) atoms. The molecular formula is C10H14Cl2F2N2O. The summed E-state index contributed by atoms with van der Waals surface area (Å²) >= 11 is 0. The maximum atomic E-state index is 13.2. The molecule has 0 saturated carbocycles. The van der Waals surface area contributed by atoms with Crippen molar-refractivity contribution < 1.29 is 13.5 Å². The third-order valence-electron chi connectivity index (χ3n) is 2.34. The zero-order valence-corrected chi connectivity index (χ0v) is 10.6. The summed E-state index contributed by atoms with van der Waals surface area (Å²) in [5.74, 6) is -1.54. The monoisotopic (exact) mass is 286 g/mol. The number of halogens is 4. The number of hydrogen-bond acceptors (Lipinski definition) is 3. The van der Waals surface area contributed by atoms with Crippen molar-refractivity contribution in [2.75, 3.05) is 13.1 Å². The first-order valence-electron chi connectivity index (χ1n) is 4.94. The minimum atomic E-state index is -0.742. The summed E-state index contributed by atoms with van der Waals surface area (Å²) in [7, 11) is 0. The van der Waals surface area contributed by atoms with E-state index in [2.05, 4.69) is 10.3 Å². The lowest BCUT2D eigenvalue weighted by Gasteiger charge is -2.23. The van der Waals surface area contributed by atoms with E-state index in [9.17, 15) is 8.78 Å². The van der Waals surface area contributed by atoms with Gasteiger partial charge >= 0.3 is 0 Å². The van der Waals surface area contributed by atoms with E-state index in [1.807, 2.05) is 0 Å². The van der Waals surface area contributed by atoms with E-state index in [1.165, 1.54) is 0 Å². The van der Waals surface area contributed by atoms with Crippen molar-refractivity contribution in [2.24, 2.45) is 0 Å². The SMILES string of the molecule is Cl.Cl.Fc1cnc(OC2CCNCC2)c(F)c1. The number of rotatable bonds is 2. The maximum Gasteiger partial charge on any atom is 0.250 e. The van der Waals surface area contributed by atoms with Crippen LogP contribution in [0.4, 0.5) is 8.78 Å². The van der Waals surface area contributed by atoms with Crippen LogP contribution < -0.4 is 10.1 Å². The number of hydrogen-bond donors (Lipinski definition) is 1. The molecule has 1 aromatic rings. The van der Waals surface area contributed by atoms with Crippen LogP contribution in [-0.2, 0) is 0 Å². The zero-order valence-electron chi connectivity index (χ0n) is 8.99. The number of piperidine rings is 1. The molecule has 0 bridgehead atoms. The highest BCUT2D eigenvalue weighted by Gasteiger charge is 2.17. The highest BCUT2D eigenvalue weighted by molar-refractivity contribution is 5.85. The van der Waals surface area contributed by atoms with Crippen LogP contribution in [0.1, 0.15) is 12.8 Å². The van der Waals surface area contributed by atoms with Gasteiger partial charge in [0.1, 0.15) is 11.9 Å². The Morgan fingerprint density at radius 1 is 1.24 bits per heavy atom. The normalized spacial score (nSPS) is 15.6. The van der Waals surface area contributed by atoms with Gasteiger partial charge in [-0.3, -0.25) is 0 Å². The average molecular weight is 287 g/mol. The van der Waals surface area contributed by atoms with E-state index in [-0.39, 0.29) is 36.8 Å². The highest BCUT2D eigenvalue weighted by Crippen LogP contribution is 2.18. The topological polar surface area (TPSA) is 34.1 Å². The third kappa shape index (κ3) is 4.61. The fourth-order valence-corrected chi connectivity index (χ4v) is 1.56. The zero-order chi connectivity index (χ0) is 10.7. The van der Waals surface area contributed by atoms with Gasteiger partial charge < -0.3 is 10.1 Å². The molecular weight excluding hydrogens is 273 g/mol. The molecule has 1 N–H and O–H groups in total. The van der Waals surface area contributed by atoms with Gasteiger partial charge in [-0.1, -0.05) is 0 Å². The van der Waals surface area contributed by atoms with E-state index in [0.717, 1.165) is 38.2 Å². The van der Waals surface area contributed by atoms with E-state index in [0.29, 0.717) is 0 Å². The molecule has 1 fully saturated rings. The summed E-state index contributed by atoms with van der Waals surface area (Å²) in [4.78, 5) is 3.58. The van der Waals surface area contributed by atoms with Gasteiger partial charge in [-0.05, 0) is 25.9 Å². The first-order valence-corrected chi connectivity index (χ1v) is 4.94. The molecule has 0 radical (unpaired) electrons. The van der Waals surface area contributed by atoms with Crippen LogP contribution >= 0.6 is 24.8 Å². The number of aromatic nitrogens is 1. The van der Waals surface area contributed by atoms with Crippen LogP contribution in [0.5, 0.6) is 5.88 Å². The van der Waals surface area contributed by atoms with Crippen molar-refractivity contribution in [3.8, 4) is 5.88 Å². The minimum Gasteiger partial charge on any atom is -0.472 e. The second-order valence-electron chi connectivity index (χ2n) is 3.51. The average Bonchev–Trinajstić information content (AvgIpc) is 2.24. The Balaban J connectivity index is 0.00000128. The highest BCUT2D eigenvalue weighted by atomic mass is 35.5. The quantitative estimate of drug-likeness (QED) is 0.906. The predicted octanol–water partition coefficient (Wildman–Crippen LogP) is 2.33. The Hall–Kier alpha value is -0.650. The van der Waals surface area contributed by atoms with Crippen molar-refractivity contribution in [2.45, 2.75) is 18.9 Å². The van der Waals surface area contributed by atoms with Gasteiger partial charge in [0.05, 0.1) is 6.20 Å². The van der Waals surface area contributed by atoms with E-state index in [1.54, 1.807) is 0 Å². The Labute approximate surface area is 111 Å². The van der Waals surface area contributed by atoms with Crippen LogP contribution in [0, 0.1) is 11.6 Å². The van der Waals surface area contributed by atoms with Gasteiger partial charge in [0, 0.05) is 6.07 Å². The second-order valence-corrected chi connectivity index (χ2v) is 3.51. The number of pyridine rings is 1. The first-order chi connectivity index (χ1) is 7.25. The van der Waals surface area contributed by atoms with Crippen molar-refractivity contribution >= 4 is 24.8 Å². The molecule has 0 atom stereocenters. The molecule has 2 heterocycles. The smallest absolute Gasteiger partial charge is 0.250 e. The van der Waals surface area contributed by atoms with Gasteiger partial charge in [-0.2, -0.15) is 0 Å². The van der Waals surface area contributed by atoms with Crippen LogP contribution in [0.2, 0.25) is 0 Å². The van der Waals surface area contributed by atoms with E-state index >= 15 is 0 Å². The van der Waals surface area contributed by atoms with Crippen LogP contribution in [-0.4, -0.2) is 24.2 Å². The van der Waals surface area contributed by atoms with Crippen LogP contribution in [0.25, 0.3) is 0 Å². The molecule has 0 aromatic carbocycles. The second kappa shape index (κ2) is 7.63. The van der Waals surface area contributed by atoms with Crippen molar-refractivity contribution in [1.82, 2.24) is 10.3 Å². The molecule has 0 spiro atoms. The van der Waals surface area contributed by atoms with Crippen molar-refractivity contribution in [3.63, 3.8) is 0 Å². The molecule has 0 unspecified atom stereocenters. The molecule has 0 amide bonds.